The zero-order valence-electron chi connectivity index (χ0n) is 13.9. The Hall–Kier alpha value is -1.32. The van der Waals surface area contributed by atoms with Gasteiger partial charge in [0.05, 0.1) is 0 Å². The Balaban J connectivity index is 2.93. The summed E-state index contributed by atoms with van der Waals surface area (Å²) < 4.78 is 0. The van der Waals surface area contributed by atoms with Crippen LogP contribution >= 0.6 is 0 Å². The highest BCUT2D eigenvalue weighted by Gasteiger charge is 2.12. The molecule has 1 aromatic rings. The zero-order valence-corrected chi connectivity index (χ0v) is 13.9. The molecule has 4 heteroatoms. The average Bonchev–Trinajstić information content (AvgIpc) is 2.38. The first-order valence-corrected chi connectivity index (χ1v) is 7.85. The van der Waals surface area contributed by atoms with Gasteiger partial charge in [0.1, 0.15) is 17.5 Å². The van der Waals surface area contributed by atoms with E-state index in [0.717, 1.165) is 48.8 Å². The largest absolute Gasteiger partial charge is 0.370 e. The van der Waals surface area contributed by atoms with Crippen LogP contribution in [0, 0.1) is 12.8 Å². The summed E-state index contributed by atoms with van der Waals surface area (Å²) in [5.41, 5.74) is 1.12. The number of anilines is 2. The molecule has 0 aliphatic carbocycles. The lowest BCUT2D eigenvalue weighted by atomic mass is 10.1. The Morgan fingerprint density at radius 1 is 1.05 bits per heavy atom. The molecule has 0 saturated heterocycles. The van der Waals surface area contributed by atoms with Gasteiger partial charge >= 0.3 is 0 Å². The van der Waals surface area contributed by atoms with E-state index in [1.54, 1.807) is 0 Å². The summed E-state index contributed by atoms with van der Waals surface area (Å²) in [6, 6.07) is 0.423. The molecule has 0 aliphatic rings. The molecule has 1 aromatic heterocycles. The smallest absolute Gasteiger partial charge is 0.134 e. The van der Waals surface area contributed by atoms with Gasteiger partial charge in [-0.15, -0.1) is 0 Å². The van der Waals surface area contributed by atoms with Crippen LogP contribution in [-0.2, 0) is 6.42 Å². The van der Waals surface area contributed by atoms with E-state index in [1.807, 2.05) is 0 Å². The second-order valence-corrected chi connectivity index (χ2v) is 5.92. The highest BCUT2D eigenvalue weighted by molar-refractivity contribution is 5.57. The van der Waals surface area contributed by atoms with E-state index in [4.69, 9.17) is 0 Å². The van der Waals surface area contributed by atoms with Gasteiger partial charge in [-0.05, 0) is 32.6 Å². The van der Waals surface area contributed by atoms with E-state index in [-0.39, 0.29) is 0 Å². The summed E-state index contributed by atoms with van der Waals surface area (Å²) >= 11 is 0. The van der Waals surface area contributed by atoms with Crippen LogP contribution in [0.25, 0.3) is 0 Å². The molecule has 0 aromatic carbocycles. The van der Waals surface area contributed by atoms with Gasteiger partial charge < -0.3 is 10.6 Å². The zero-order chi connectivity index (χ0) is 15.1. The van der Waals surface area contributed by atoms with Crippen molar-refractivity contribution in [1.29, 1.82) is 0 Å². The highest BCUT2D eigenvalue weighted by atomic mass is 15.1. The fourth-order valence-corrected chi connectivity index (χ4v) is 2.28. The molecule has 1 unspecified atom stereocenters. The summed E-state index contributed by atoms with van der Waals surface area (Å²) in [4.78, 5) is 9.24. The van der Waals surface area contributed by atoms with Crippen molar-refractivity contribution >= 4 is 11.6 Å². The van der Waals surface area contributed by atoms with E-state index in [9.17, 15) is 0 Å². The van der Waals surface area contributed by atoms with Crippen LogP contribution in [0.3, 0.4) is 0 Å². The van der Waals surface area contributed by atoms with Crippen LogP contribution < -0.4 is 10.6 Å². The normalized spacial score (nSPS) is 12.6. The summed E-state index contributed by atoms with van der Waals surface area (Å²) in [7, 11) is 0. The molecule has 0 radical (unpaired) electrons. The molecular weight excluding hydrogens is 248 g/mol. The second kappa shape index (κ2) is 8.08. The number of hydrogen-bond acceptors (Lipinski definition) is 4. The maximum atomic E-state index is 4.64. The van der Waals surface area contributed by atoms with Crippen LogP contribution in [0.2, 0.25) is 0 Å². The molecule has 20 heavy (non-hydrogen) atoms. The SMILES string of the molecule is CCCNc1nc(CC)nc(NC(C)CC(C)C)c1C. The van der Waals surface area contributed by atoms with Crippen LogP contribution in [0.4, 0.5) is 11.6 Å². The fraction of sp³-hybridized carbons (Fsp3) is 0.750. The summed E-state index contributed by atoms with van der Waals surface area (Å²) in [6.45, 7) is 14.0. The summed E-state index contributed by atoms with van der Waals surface area (Å²) in [5, 5.41) is 6.94. The lowest BCUT2D eigenvalue weighted by Gasteiger charge is -2.20. The lowest BCUT2D eigenvalue weighted by Crippen LogP contribution is -2.20. The molecule has 1 heterocycles. The number of nitrogens with zero attached hydrogens (tertiary/aromatic N) is 2. The van der Waals surface area contributed by atoms with Crippen LogP contribution in [0.5, 0.6) is 0 Å². The minimum Gasteiger partial charge on any atom is -0.370 e. The fourth-order valence-electron chi connectivity index (χ4n) is 2.28. The highest BCUT2D eigenvalue weighted by Crippen LogP contribution is 2.22. The predicted molar refractivity (Wildman–Crippen MR) is 87.5 cm³/mol. The van der Waals surface area contributed by atoms with E-state index >= 15 is 0 Å². The topological polar surface area (TPSA) is 49.8 Å². The molecule has 0 spiro atoms. The van der Waals surface area contributed by atoms with Gasteiger partial charge in [-0.3, -0.25) is 0 Å². The molecule has 0 amide bonds. The average molecular weight is 278 g/mol. The molecular formula is C16H30N4. The Morgan fingerprint density at radius 2 is 1.70 bits per heavy atom. The van der Waals surface area contributed by atoms with Gasteiger partial charge in [0, 0.05) is 24.6 Å². The number of rotatable bonds is 8. The minimum atomic E-state index is 0.423. The van der Waals surface area contributed by atoms with Gasteiger partial charge in [-0.2, -0.15) is 0 Å². The third-order valence-corrected chi connectivity index (χ3v) is 3.26. The Bertz CT molecular complexity index is 415. The molecule has 2 N–H and O–H groups in total. The van der Waals surface area contributed by atoms with Gasteiger partial charge in [0.2, 0.25) is 0 Å². The van der Waals surface area contributed by atoms with Crippen LogP contribution in [-0.4, -0.2) is 22.6 Å². The van der Waals surface area contributed by atoms with Crippen molar-refractivity contribution in [2.75, 3.05) is 17.2 Å². The molecule has 1 rings (SSSR count). The van der Waals surface area contributed by atoms with Gasteiger partial charge in [0.15, 0.2) is 0 Å². The van der Waals surface area contributed by atoms with E-state index in [2.05, 4.69) is 62.1 Å². The molecule has 4 nitrogen and oxygen atoms in total. The van der Waals surface area contributed by atoms with Crippen molar-refractivity contribution in [3.05, 3.63) is 11.4 Å². The first-order valence-electron chi connectivity index (χ1n) is 7.85. The molecule has 0 fully saturated rings. The monoisotopic (exact) mass is 278 g/mol. The first-order chi connectivity index (χ1) is 9.47. The second-order valence-electron chi connectivity index (χ2n) is 5.92. The molecule has 0 saturated carbocycles. The minimum absolute atomic E-state index is 0.423. The van der Waals surface area contributed by atoms with Crippen molar-refractivity contribution in [1.82, 2.24) is 9.97 Å². The van der Waals surface area contributed by atoms with Crippen molar-refractivity contribution in [2.45, 2.75) is 66.8 Å². The molecule has 1 atom stereocenters. The molecule has 114 valence electrons. The van der Waals surface area contributed by atoms with E-state index < -0.39 is 0 Å². The molecule has 0 aliphatic heterocycles. The maximum Gasteiger partial charge on any atom is 0.134 e. The Morgan fingerprint density at radius 3 is 2.25 bits per heavy atom. The van der Waals surface area contributed by atoms with E-state index in [0.29, 0.717) is 12.0 Å². The van der Waals surface area contributed by atoms with Crippen molar-refractivity contribution < 1.29 is 0 Å². The maximum absolute atomic E-state index is 4.64. The van der Waals surface area contributed by atoms with Crippen molar-refractivity contribution in [3.8, 4) is 0 Å². The van der Waals surface area contributed by atoms with Crippen molar-refractivity contribution in [2.24, 2.45) is 5.92 Å². The number of nitrogens with one attached hydrogen (secondary N) is 2. The van der Waals surface area contributed by atoms with Gasteiger partial charge in [-0.1, -0.05) is 27.7 Å². The van der Waals surface area contributed by atoms with E-state index in [1.165, 1.54) is 0 Å². The third-order valence-electron chi connectivity index (χ3n) is 3.26. The standard InChI is InChI=1S/C16H30N4/c1-7-9-17-15-13(6)16(20-14(8-2)19-15)18-12(5)10-11(3)4/h11-12H,7-10H2,1-6H3,(H2,17,18,19,20). The lowest BCUT2D eigenvalue weighted by molar-refractivity contribution is 0.538. The van der Waals surface area contributed by atoms with Gasteiger partial charge in [0.25, 0.3) is 0 Å². The third kappa shape index (κ3) is 4.99. The summed E-state index contributed by atoms with van der Waals surface area (Å²) in [6.07, 6.45) is 3.09. The Kier molecular flexibility index (Phi) is 6.76. The quantitative estimate of drug-likeness (QED) is 0.754. The van der Waals surface area contributed by atoms with Gasteiger partial charge in [-0.25, -0.2) is 9.97 Å². The summed E-state index contributed by atoms with van der Waals surface area (Å²) in [5.74, 6) is 3.53. The number of hydrogen-bond donors (Lipinski definition) is 2. The Labute approximate surface area is 123 Å². The van der Waals surface area contributed by atoms with Crippen LogP contribution in [0.1, 0.15) is 58.8 Å². The van der Waals surface area contributed by atoms with Crippen molar-refractivity contribution in [3.63, 3.8) is 0 Å². The molecule has 0 bridgehead atoms. The number of aryl methyl sites for hydroxylation is 1. The predicted octanol–water partition coefficient (Wildman–Crippen LogP) is 4.02. The number of aromatic nitrogens is 2. The van der Waals surface area contributed by atoms with Crippen LogP contribution in [0.15, 0.2) is 0 Å². The first kappa shape index (κ1) is 16.7.